The van der Waals surface area contributed by atoms with Gasteiger partial charge in [0.05, 0.1) is 0 Å². The van der Waals surface area contributed by atoms with E-state index in [9.17, 15) is 14.4 Å². The number of unbranched alkanes of at least 4 members (excludes halogenated alkanes) is 36. The number of hydrogen-bond acceptors (Lipinski definition) is 6. The van der Waals surface area contributed by atoms with Crippen molar-refractivity contribution in [1.29, 1.82) is 0 Å². The number of hydrogen-bond donors (Lipinski definition) is 0. The minimum atomic E-state index is -0.787. The van der Waals surface area contributed by atoms with Gasteiger partial charge in [-0.25, -0.2) is 0 Å². The first kappa shape index (κ1) is 69.1. The van der Waals surface area contributed by atoms with Crippen LogP contribution in [0, 0.1) is 0 Å². The van der Waals surface area contributed by atoms with Crippen LogP contribution in [0.5, 0.6) is 0 Å². The molecule has 0 aliphatic heterocycles. The van der Waals surface area contributed by atoms with Gasteiger partial charge in [0.2, 0.25) is 0 Å². The van der Waals surface area contributed by atoms with E-state index in [1.807, 2.05) is 0 Å². The predicted molar refractivity (Wildman–Crippen MR) is 312 cm³/mol. The molecule has 0 heterocycles. The fraction of sp³-hybridized carbons (Fsp3) is 0.803. The number of allylic oxidation sites excluding steroid dienone is 10. The van der Waals surface area contributed by atoms with E-state index in [1.165, 1.54) is 173 Å². The molecular formula is C66H118O6. The average Bonchev–Trinajstić information content (AvgIpc) is 3.38. The van der Waals surface area contributed by atoms with Crippen molar-refractivity contribution >= 4 is 17.9 Å². The van der Waals surface area contributed by atoms with Crippen LogP contribution in [0.15, 0.2) is 60.8 Å². The summed E-state index contributed by atoms with van der Waals surface area (Å²) in [7, 11) is 0. The Balaban J connectivity index is 4.21. The minimum absolute atomic E-state index is 0.0826. The summed E-state index contributed by atoms with van der Waals surface area (Å²) in [5, 5.41) is 0. The number of esters is 3. The van der Waals surface area contributed by atoms with Gasteiger partial charge in [0.1, 0.15) is 13.2 Å². The Labute approximate surface area is 447 Å². The molecule has 0 radical (unpaired) electrons. The predicted octanol–water partition coefficient (Wildman–Crippen LogP) is 21.2. The molecule has 0 amide bonds. The third-order valence-electron chi connectivity index (χ3n) is 13.7. The normalized spacial score (nSPS) is 12.4. The van der Waals surface area contributed by atoms with Crippen molar-refractivity contribution in [1.82, 2.24) is 0 Å². The number of ether oxygens (including phenoxy) is 3. The summed E-state index contributed by atoms with van der Waals surface area (Å²) in [6, 6.07) is 0. The highest BCUT2D eigenvalue weighted by Gasteiger charge is 2.19. The molecule has 6 heteroatoms. The lowest BCUT2D eigenvalue weighted by atomic mass is 10.0. The van der Waals surface area contributed by atoms with Gasteiger partial charge >= 0.3 is 17.9 Å². The Morgan fingerprint density at radius 1 is 0.278 bits per heavy atom. The zero-order chi connectivity index (χ0) is 52.2. The highest BCUT2D eigenvalue weighted by Crippen LogP contribution is 2.17. The number of rotatable bonds is 57. The van der Waals surface area contributed by atoms with Crippen molar-refractivity contribution in [3.8, 4) is 0 Å². The van der Waals surface area contributed by atoms with Crippen LogP contribution in [-0.4, -0.2) is 37.2 Å². The number of carbonyl (C=O) groups is 3. The van der Waals surface area contributed by atoms with Crippen LogP contribution in [0.4, 0.5) is 0 Å². The van der Waals surface area contributed by atoms with Gasteiger partial charge in [-0.1, -0.05) is 268 Å². The summed E-state index contributed by atoms with van der Waals surface area (Å²) >= 11 is 0. The van der Waals surface area contributed by atoms with Crippen LogP contribution in [0.3, 0.4) is 0 Å². The van der Waals surface area contributed by atoms with Crippen molar-refractivity contribution in [2.45, 2.75) is 329 Å². The lowest BCUT2D eigenvalue weighted by molar-refractivity contribution is -0.167. The van der Waals surface area contributed by atoms with Crippen molar-refractivity contribution in [3.05, 3.63) is 60.8 Å². The second-order valence-electron chi connectivity index (χ2n) is 21.0. The second kappa shape index (κ2) is 60.7. The molecule has 0 N–H and O–H groups in total. The fourth-order valence-electron chi connectivity index (χ4n) is 8.96. The molecule has 72 heavy (non-hydrogen) atoms. The highest BCUT2D eigenvalue weighted by atomic mass is 16.6. The Bertz CT molecular complexity index is 1290. The van der Waals surface area contributed by atoms with E-state index in [0.29, 0.717) is 19.3 Å². The summed E-state index contributed by atoms with van der Waals surface area (Å²) in [5.74, 6) is -0.899. The Hall–Kier alpha value is -2.89. The SMILES string of the molecule is CCC/C=C\C/C=C\CCCCCCCC(=O)OCC(COC(=O)CCCCCCCCCCCCCCCCC/C=C\CCCCCCCCCC)OC(=O)CCCCCCC/C=C\C/C=C\CCCC. The zero-order valence-electron chi connectivity index (χ0n) is 47.9. The summed E-state index contributed by atoms with van der Waals surface area (Å²) in [4.78, 5) is 38.2. The molecule has 6 nitrogen and oxygen atoms in total. The van der Waals surface area contributed by atoms with Gasteiger partial charge in [0, 0.05) is 19.3 Å². The van der Waals surface area contributed by atoms with E-state index >= 15 is 0 Å². The molecule has 0 aliphatic carbocycles. The molecule has 1 atom stereocenters. The van der Waals surface area contributed by atoms with Crippen LogP contribution in [0.2, 0.25) is 0 Å². The minimum Gasteiger partial charge on any atom is -0.462 e. The molecule has 418 valence electrons. The van der Waals surface area contributed by atoms with Gasteiger partial charge in [0.15, 0.2) is 6.10 Å². The Morgan fingerprint density at radius 2 is 0.542 bits per heavy atom. The van der Waals surface area contributed by atoms with Gasteiger partial charge in [-0.3, -0.25) is 14.4 Å². The lowest BCUT2D eigenvalue weighted by Gasteiger charge is -2.18. The van der Waals surface area contributed by atoms with E-state index < -0.39 is 6.10 Å². The molecule has 0 saturated heterocycles. The number of carbonyl (C=O) groups excluding carboxylic acids is 3. The summed E-state index contributed by atoms with van der Waals surface area (Å²) in [5.41, 5.74) is 0. The van der Waals surface area contributed by atoms with Crippen LogP contribution in [0.1, 0.15) is 323 Å². The largest absolute Gasteiger partial charge is 0.462 e. The van der Waals surface area contributed by atoms with Crippen LogP contribution in [0.25, 0.3) is 0 Å². The van der Waals surface area contributed by atoms with E-state index in [2.05, 4.69) is 81.5 Å². The molecule has 0 saturated carbocycles. The second-order valence-corrected chi connectivity index (χ2v) is 21.0. The van der Waals surface area contributed by atoms with Crippen molar-refractivity contribution in [2.75, 3.05) is 13.2 Å². The maximum absolute atomic E-state index is 12.8. The Morgan fingerprint density at radius 3 is 0.875 bits per heavy atom. The van der Waals surface area contributed by atoms with Crippen LogP contribution in [-0.2, 0) is 28.6 Å². The molecule has 0 aromatic rings. The van der Waals surface area contributed by atoms with E-state index in [4.69, 9.17) is 14.2 Å². The molecule has 0 fully saturated rings. The van der Waals surface area contributed by atoms with Crippen molar-refractivity contribution in [2.24, 2.45) is 0 Å². The Kier molecular flexibility index (Phi) is 58.2. The average molecular weight is 1010 g/mol. The zero-order valence-corrected chi connectivity index (χ0v) is 47.9. The monoisotopic (exact) mass is 1010 g/mol. The topological polar surface area (TPSA) is 78.9 Å². The van der Waals surface area contributed by atoms with Gasteiger partial charge in [-0.2, -0.15) is 0 Å². The van der Waals surface area contributed by atoms with Crippen LogP contribution < -0.4 is 0 Å². The van der Waals surface area contributed by atoms with Gasteiger partial charge in [0.25, 0.3) is 0 Å². The fourth-order valence-corrected chi connectivity index (χ4v) is 8.96. The molecular weight excluding hydrogens is 889 g/mol. The third-order valence-corrected chi connectivity index (χ3v) is 13.7. The smallest absolute Gasteiger partial charge is 0.306 e. The molecule has 1 unspecified atom stereocenters. The quantitative estimate of drug-likeness (QED) is 0.0261. The van der Waals surface area contributed by atoms with Gasteiger partial charge in [-0.05, 0) is 96.3 Å². The first-order chi connectivity index (χ1) is 35.5. The van der Waals surface area contributed by atoms with E-state index in [1.54, 1.807) is 0 Å². The molecule has 0 rings (SSSR count). The molecule has 0 spiro atoms. The van der Waals surface area contributed by atoms with Gasteiger partial charge < -0.3 is 14.2 Å². The van der Waals surface area contributed by atoms with Crippen molar-refractivity contribution in [3.63, 3.8) is 0 Å². The summed E-state index contributed by atoms with van der Waals surface area (Å²) in [6.07, 6.45) is 76.6. The third kappa shape index (κ3) is 58.0. The molecule has 0 aliphatic rings. The maximum atomic E-state index is 12.8. The van der Waals surface area contributed by atoms with Crippen molar-refractivity contribution < 1.29 is 28.6 Å². The summed E-state index contributed by atoms with van der Waals surface area (Å²) in [6.45, 7) is 6.54. The highest BCUT2D eigenvalue weighted by molar-refractivity contribution is 5.71. The first-order valence-corrected chi connectivity index (χ1v) is 31.3. The molecule has 0 aromatic carbocycles. The standard InChI is InChI=1S/C66H118O6/c1-4-7-10-13-16-19-22-25-27-28-29-30-31-32-33-34-35-36-37-38-39-42-44-47-50-53-56-59-65(68)71-62-63(61-70-64(67)58-55-52-49-46-43-40-24-21-18-15-12-9-6-3)72-66(69)60-57-54-51-48-45-41-26-23-20-17-14-11-8-5-2/h12,14-15,17,21,23-24,26,28-29,63H,4-11,13,16,18-20,22,25,27,30-62H2,1-3H3/b15-12-,17-14-,24-21-,26-23-,29-28-. The van der Waals surface area contributed by atoms with Crippen LogP contribution >= 0.6 is 0 Å². The van der Waals surface area contributed by atoms with E-state index in [0.717, 1.165) is 109 Å². The maximum Gasteiger partial charge on any atom is 0.306 e. The lowest BCUT2D eigenvalue weighted by Crippen LogP contribution is -2.30. The van der Waals surface area contributed by atoms with Gasteiger partial charge in [-0.15, -0.1) is 0 Å². The molecule has 0 aromatic heterocycles. The molecule has 0 bridgehead atoms. The van der Waals surface area contributed by atoms with E-state index in [-0.39, 0.29) is 31.1 Å². The first-order valence-electron chi connectivity index (χ1n) is 31.3. The summed E-state index contributed by atoms with van der Waals surface area (Å²) < 4.78 is 16.9.